The fourth-order valence-electron chi connectivity index (χ4n) is 4.68. The van der Waals surface area contributed by atoms with Crippen LogP contribution in [0.4, 0.5) is 0 Å². The van der Waals surface area contributed by atoms with Crippen LogP contribution in [0.15, 0.2) is 48.8 Å². The molecule has 6 heteroatoms. The van der Waals surface area contributed by atoms with Crippen LogP contribution in [0.5, 0.6) is 0 Å². The number of hydrogen-bond acceptors (Lipinski definition) is 4. The zero-order valence-corrected chi connectivity index (χ0v) is 16.5. The van der Waals surface area contributed by atoms with Crippen LogP contribution in [-0.4, -0.2) is 34.8 Å². The minimum absolute atomic E-state index is 0.159. The van der Waals surface area contributed by atoms with E-state index >= 15 is 0 Å². The van der Waals surface area contributed by atoms with Crippen molar-refractivity contribution in [3.05, 3.63) is 64.9 Å². The first-order valence-electron chi connectivity index (χ1n) is 9.79. The maximum Gasteiger partial charge on any atom is 0.237 e. The molecular weight excluding hydrogens is 374 g/mol. The Bertz CT molecular complexity index is 848. The molecule has 1 aromatic carbocycles. The summed E-state index contributed by atoms with van der Waals surface area (Å²) >= 11 is 5.98. The molecule has 2 aliphatic heterocycles. The van der Waals surface area contributed by atoms with Crippen molar-refractivity contribution in [1.29, 1.82) is 0 Å². The normalized spacial score (nSPS) is 24.2. The summed E-state index contributed by atoms with van der Waals surface area (Å²) in [7, 11) is 0. The lowest BCUT2D eigenvalue weighted by atomic mass is 9.62. The number of nitrogens with one attached hydrogen (secondary N) is 1. The second-order valence-corrected chi connectivity index (χ2v) is 8.20. The first-order valence-corrected chi connectivity index (χ1v) is 10.2. The molecule has 1 aromatic heterocycles. The third-order valence-electron chi connectivity index (χ3n) is 6.19. The summed E-state index contributed by atoms with van der Waals surface area (Å²) in [4.78, 5) is 31.5. The molecule has 3 heterocycles. The van der Waals surface area contributed by atoms with Crippen molar-refractivity contribution < 1.29 is 9.59 Å². The van der Waals surface area contributed by atoms with Gasteiger partial charge in [-0.1, -0.05) is 29.8 Å². The molecule has 4 rings (SSSR count). The minimum atomic E-state index is -0.658. The molecule has 1 N–H and O–H groups in total. The van der Waals surface area contributed by atoms with Gasteiger partial charge in [0.2, 0.25) is 11.8 Å². The highest BCUT2D eigenvalue weighted by molar-refractivity contribution is 6.30. The third kappa shape index (κ3) is 3.69. The highest BCUT2D eigenvalue weighted by Crippen LogP contribution is 2.44. The van der Waals surface area contributed by atoms with Crippen LogP contribution in [0.1, 0.15) is 36.8 Å². The Morgan fingerprint density at radius 3 is 2.54 bits per heavy atom. The first kappa shape index (κ1) is 19.1. The van der Waals surface area contributed by atoms with Gasteiger partial charge in [-0.25, -0.2) is 0 Å². The van der Waals surface area contributed by atoms with E-state index in [2.05, 4.69) is 27.3 Å². The van der Waals surface area contributed by atoms with E-state index in [4.69, 9.17) is 11.6 Å². The largest absolute Gasteiger partial charge is 0.299 e. The number of rotatable bonds is 4. The van der Waals surface area contributed by atoms with Crippen LogP contribution in [0, 0.1) is 5.92 Å². The van der Waals surface area contributed by atoms with E-state index in [0.717, 1.165) is 43.1 Å². The number of hydrogen-bond donors (Lipinski definition) is 1. The summed E-state index contributed by atoms with van der Waals surface area (Å²) in [5.41, 5.74) is 1.51. The number of pyridine rings is 1. The Labute approximate surface area is 170 Å². The maximum atomic E-state index is 13.0. The number of halogens is 1. The number of carbonyl (C=O) groups excluding carboxylic acids is 2. The first-order chi connectivity index (χ1) is 13.6. The zero-order chi connectivity index (χ0) is 19.6. The van der Waals surface area contributed by atoms with E-state index in [-0.39, 0.29) is 17.7 Å². The Hall–Kier alpha value is -2.24. The topological polar surface area (TPSA) is 62.3 Å². The van der Waals surface area contributed by atoms with Crippen LogP contribution < -0.4 is 5.32 Å². The molecule has 1 atom stereocenters. The number of likely N-dealkylation sites (tertiary alicyclic amines) is 1. The van der Waals surface area contributed by atoms with Crippen LogP contribution >= 0.6 is 11.6 Å². The minimum Gasteiger partial charge on any atom is -0.299 e. The Morgan fingerprint density at radius 2 is 1.89 bits per heavy atom. The number of aromatic nitrogens is 1. The van der Waals surface area contributed by atoms with Gasteiger partial charge in [-0.15, -0.1) is 0 Å². The zero-order valence-electron chi connectivity index (χ0n) is 15.7. The second-order valence-electron chi connectivity index (χ2n) is 7.77. The number of benzene rings is 1. The monoisotopic (exact) mass is 397 g/mol. The van der Waals surface area contributed by atoms with Gasteiger partial charge in [0.05, 0.1) is 5.41 Å². The quantitative estimate of drug-likeness (QED) is 0.804. The standard InChI is InChI=1S/C22H24ClN3O2/c23-19-5-3-16(4-6-19)15-26-12-8-17(9-13-26)22(18-2-1-11-24-14-18)10-7-20(27)25-21(22)28/h1-6,11,14,17H,7-10,12-13,15H2,(H,25,27,28). The van der Waals surface area contributed by atoms with Gasteiger partial charge in [0.15, 0.2) is 0 Å². The maximum absolute atomic E-state index is 13.0. The van der Waals surface area contributed by atoms with Crippen molar-refractivity contribution in [3.8, 4) is 0 Å². The molecule has 0 spiro atoms. The lowest BCUT2D eigenvalue weighted by Gasteiger charge is -2.45. The van der Waals surface area contributed by atoms with Crippen LogP contribution in [0.2, 0.25) is 5.02 Å². The predicted octanol–water partition coefficient (Wildman–Crippen LogP) is 3.32. The van der Waals surface area contributed by atoms with Gasteiger partial charge in [0, 0.05) is 30.4 Å². The third-order valence-corrected chi connectivity index (χ3v) is 6.44. The van der Waals surface area contributed by atoms with Gasteiger partial charge in [0.25, 0.3) is 0 Å². The second kappa shape index (κ2) is 8.02. The van der Waals surface area contributed by atoms with E-state index < -0.39 is 5.41 Å². The lowest BCUT2D eigenvalue weighted by molar-refractivity contribution is -0.140. The molecule has 2 saturated heterocycles. The fraction of sp³-hybridized carbons (Fsp3) is 0.409. The molecular formula is C22H24ClN3O2. The molecule has 5 nitrogen and oxygen atoms in total. The van der Waals surface area contributed by atoms with E-state index in [1.54, 1.807) is 12.4 Å². The number of piperidine rings is 2. The highest BCUT2D eigenvalue weighted by atomic mass is 35.5. The van der Waals surface area contributed by atoms with Crippen LogP contribution in [0.3, 0.4) is 0 Å². The Morgan fingerprint density at radius 1 is 1.14 bits per heavy atom. The highest BCUT2D eigenvalue weighted by Gasteiger charge is 2.50. The molecule has 28 heavy (non-hydrogen) atoms. The number of carbonyl (C=O) groups is 2. The fourth-order valence-corrected chi connectivity index (χ4v) is 4.81. The molecule has 2 aliphatic rings. The van der Waals surface area contributed by atoms with Crippen molar-refractivity contribution in [1.82, 2.24) is 15.2 Å². The molecule has 0 bridgehead atoms. The number of imide groups is 1. The van der Waals surface area contributed by atoms with E-state index in [1.165, 1.54) is 5.56 Å². The van der Waals surface area contributed by atoms with Crippen molar-refractivity contribution in [2.75, 3.05) is 13.1 Å². The van der Waals surface area contributed by atoms with E-state index in [1.807, 2.05) is 24.3 Å². The Kier molecular flexibility index (Phi) is 5.47. The Balaban J connectivity index is 1.51. The molecule has 0 radical (unpaired) electrons. The average molecular weight is 398 g/mol. The van der Waals surface area contributed by atoms with Crippen molar-refractivity contribution in [3.63, 3.8) is 0 Å². The molecule has 2 amide bonds. The molecule has 0 aliphatic carbocycles. The summed E-state index contributed by atoms with van der Waals surface area (Å²) in [5.74, 6) is -0.135. The molecule has 1 unspecified atom stereocenters. The van der Waals surface area contributed by atoms with Crippen LogP contribution in [-0.2, 0) is 21.5 Å². The van der Waals surface area contributed by atoms with E-state index in [9.17, 15) is 9.59 Å². The van der Waals surface area contributed by atoms with Gasteiger partial charge >= 0.3 is 0 Å². The summed E-state index contributed by atoms with van der Waals surface area (Å²) in [6, 6.07) is 11.8. The molecule has 2 aromatic rings. The summed E-state index contributed by atoms with van der Waals surface area (Å²) < 4.78 is 0. The van der Waals surface area contributed by atoms with Gasteiger partial charge in [-0.05, 0) is 67.6 Å². The smallest absolute Gasteiger partial charge is 0.237 e. The summed E-state index contributed by atoms with van der Waals surface area (Å²) in [6.07, 6.45) is 6.29. The van der Waals surface area contributed by atoms with Crippen molar-refractivity contribution >= 4 is 23.4 Å². The van der Waals surface area contributed by atoms with Crippen molar-refractivity contribution in [2.24, 2.45) is 5.92 Å². The van der Waals surface area contributed by atoms with Crippen LogP contribution in [0.25, 0.3) is 0 Å². The average Bonchev–Trinajstić information content (AvgIpc) is 2.72. The summed E-state index contributed by atoms with van der Waals surface area (Å²) in [5, 5.41) is 3.34. The molecule has 0 saturated carbocycles. The SMILES string of the molecule is O=C1CCC(c2cccnc2)(C2CCN(Cc3ccc(Cl)cc3)CC2)C(=O)N1. The van der Waals surface area contributed by atoms with Gasteiger partial charge in [0.1, 0.15) is 0 Å². The van der Waals surface area contributed by atoms with Crippen molar-refractivity contribution in [2.45, 2.75) is 37.6 Å². The van der Waals surface area contributed by atoms with E-state index in [0.29, 0.717) is 12.8 Å². The summed E-state index contributed by atoms with van der Waals surface area (Å²) in [6.45, 7) is 2.74. The lowest BCUT2D eigenvalue weighted by Crippen LogP contribution is -2.57. The number of amides is 2. The van der Waals surface area contributed by atoms with Gasteiger partial charge < -0.3 is 0 Å². The number of nitrogens with zero attached hydrogens (tertiary/aromatic N) is 2. The molecule has 146 valence electrons. The van der Waals surface area contributed by atoms with Gasteiger partial charge in [-0.3, -0.25) is 24.8 Å². The van der Waals surface area contributed by atoms with Gasteiger partial charge in [-0.2, -0.15) is 0 Å². The molecule has 2 fully saturated rings. The predicted molar refractivity (Wildman–Crippen MR) is 108 cm³/mol.